The lowest BCUT2D eigenvalue weighted by atomic mass is 10.9. The minimum atomic E-state index is -2.92. The normalized spacial score (nSPS) is 13.5. The average Bonchev–Trinajstić information content (AvgIpc) is 2.54. The standard InChI is InChI=1S/C16H38O2S2Si2/c1-7-21(8-2,9-3)15-13-19-20(17,18)14-16-22(10-4,11-5)12-6/h7-16H2,1-6H3. The largest absolute Gasteiger partial charge is 0.217 e. The number of hydrogen-bond acceptors (Lipinski definition) is 3. The van der Waals surface area contributed by atoms with Crippen LogP contribution in [-0.4, -0.2) is 36.1 Å². The summed E-state index contributed by atoms with van der Waals surface area (Å²) in [4.78, 5) is 0. The van der Waals surface area contributed by atoms with Crippen LogP contribution in [0.4, 0.5) is 0 Å². The quantitative estimate of drug-likeness (QED) is 0.286. The third-order valence-corrected chi connectivity index (χ3v) is 22.1. The van der Waals surface area contributed by atoms with E-state index in [0.29, 0.717) is 5.75 Å². The SMILES string of the molecule is CC[Si](CC)(CC)CCSS(=O)(=O)CC[Si](CC)(CC)CC. The van der Waals surface area contributed by atoms with Gasteiger partial charge in [-0.15, -0.1) is 0 Å². The van der Waals surface area contributed by atoms with Gasteiger partial charge in [0.15, 0.2) is 0 Å². The van der Waals surface area contributed by atoms with Gasteiger partial charge in [-0.3, -0.25) is 0 Å². The van der Waals surface area contributed by atoms with Crippen molar-refractivity contribution in [2.75, 3.05) is 11.5 Å². The van der Waals surface area contributed by atoms with Crippen LogP contribution in [0, 0.1) is 0 Å². The maximum absolute atomic E-state index is 12.4. The van der Waals surface area contributed by atoms with Crippen LogP contribution in [0.5, 0.6) is 0 Å². The predicted octanol–water partition coefficient (Wildman–Crippen LogP) is 6.07. The molecule has 0 atom stereocenters. The highest BCUT2D eigenvalue weighted by Crippen LogP contribution is 2.31. The molecule has 0 saturated heterocycles. The van der Waals surface area contributed by atoms with Crippen LogP contribution in [0.25, 0.3) is 0 Å². The lowest BCUT2D eigenvalue weighted by molar-refractivity contribution is 0.611. The van der Waals surface area contributed by atoms with Crippen molar-refractivity contribution >= 4 is 35.8 Å². The molecule has 0 N–H and O–H groups in total. The Bertz CT molecular complexity index is 372. The van der Waals surface area contributed by atoms with Gasteiger partial charge in [-0.05, 0) is 22.9 Å². The van der Waals surface area contributed by atoms with Crippen molar-refractivity contribution in [3.05, 3.63) is 0 Å². The van der Waals surface area contributed by atoms with Gasteiger partial charge in [0.25, 0.3) is 0 Å². The third kappa shape index (κ3) is 7.10. The molecule has 0 aliphatic carbocycles. The zero-order chi connectivity index (χ0) is 17.3. The Morgan fingerprint density at radius 2 is 1.05 bits per heavy atom. The molecule has 0 fully saturated rings. The van der Waals surface area contributed by atoms with E-state index in [0.717, 1.165) is 17.8 Å². The molecule has 134 valence electrons. The monoisotopic (exact) mass is 382 g/mol. The lowest BCUT2D eigenvalue weighted by Gasteiger charge is -2.28. The van der Waals surface area contributed by atoms with Gasteiger partial charge in [0.2, 0.25) is 8.87 Å². The fraction of sp³-hybridized carbons (Fsp3) is 1.00. The Kier molecular flexibility index (Phi) is 10.9. The highest BCUT2D eigenvalue weighted by atomic mass is 33.1. The first-order valence-electron chi connectivity index (χ1n) is 9.15. The van der Waals surface area contributed by atoms with Crippen molar-refractivity contribution in [1.82, 2.24) is 0 Å². The first-order valence-corrected chi connectivity index (χ1v) is 18.0. The fourth-order valence-electron chi connectivity index (χ4n) is 3.35. The molecule has 0 rings (SSSR count). The van der Waals surface area contributed by atoms with Gasteiger partial charge in [0.1, 0.15) is 0 Å². The molecular weight excluding hydrogens is 344 g/mol. The summed E-state index contributed by atoms with van der Waals surface area (Å²) in [6.45, 7) is 13.6. The second-order valence-corrected chi connectivity index (χ2v) is 22.3. The first kappa shape index (κ1) is 22.7. The van der Waals surface area contributed by atoms with Crippen molar-refractivity contribution in [1.29, 1.82) is 0 Å². The Balaban J connectivity index is 4.48. The molecule has 0 spiro atoms. The van der Waals surface area contributed by atoms with E-state index in [-0.39, 0.29) is 0 Å². The van der Waals surface area contributed by atoms with Gasteiger partial charge in [0.05, 0.1) is 21.9 Å². The van der Waals surface area contributed by atoms with Crippen molar-refractivity contribution < 1.29 is 8.42 Å². The summed E-state index contributed by atoms with van der Waals surface area (Å²) in [5, 5.41) is 0. The molecule has 0 aliphatic rings. The van der Waals surface area contributed by atoms with Gasteiger partial charge in [-0.25, -0.2) is 8.42 Å². The van der Waals surface area contributed by atoms with Crippen molar-refractivity contribution in [3.63, 3.8) is 0 Å². The van der Waals surface area contributed by atoms with Crippen LogP contribution in [0.15, 0.2) is 0 Å². The molecule has 6 heteroatoms. The Hall–Kier alpha value is 0.734. The van der Waals surface area contributed by atoms with Crippen LogP contribution in [0.2, 0.25) is 48.4 Å². The van der Waals surface area contributed by atoms with E-state index in [1.165, 1.54) is 47.1 Å². The summed E-state index contributed by atoms with van der Waals surface area (Å²) in [5.74, 6) is 1.24. The highest BCUT2D eigenvalue weighted by molar-refractivity contribution is 8.72. The van der Waals surface area contributed by atoms with E-state index in [1.807, 2.05) is 0 Å². The molecule has 0 amide bonds. The molecule has 0 aliphatic heterocycles. The summed E-state index contributed by atoms with van der Waals surface area (Å²) in [7, 11) is -4.15. The van der Waals surface area contributed by atoms with Crippen molar-refractivity contribution in [2.24, 2.45) is 0 Å². The second kappa shape index (κ2) is 10.6. The first-order chi connectivity index (χ1) is 10.3. The van der Waals surface area contributed by atoms with Crippen LogP contribution >= 0.6 is 10.8 Å². The summed E-state index contributed by atoms with van der Waals surface area (Å²) >= 11 is 0. The van der Waals surface area contributed by atoms with E-state index < -0.39 is 25.0 Å². The Labute approximate surface area is 145 Å². The molecule has 0 unspecified atom stereocenters. The van der Waals surface area contributed by atoms with Crippen molar-refractivity contribution in [2.45, 2.75) is 89.9 Å². The maximum atomic E-state index is 12.4. The zero-order valence-corrected chi connectivity index (χ0v) is 19.3. The van der Waals surface area contributed by atoms with Crippen molar-refractivity contribution in [3.8, 4) is 0 Å². The lowest BCUT2D eigenvalue weighted by Crippen LogP contribution is -2.33. The van der Waals surface area contributed by atoms with Gasteiger partial charge >= 0.3 is 0 Å². The zero-order valence-electron chi connectivity index (χ0n) is 15.7. The van der Waals surface area contributed by atoms with Gasteiger partial charge in [0, 0.05) is 5.75 Å². The second-order valence-electron chi connectivity index (χ2n) is 6.71. The molecule has 2 nitrogen and oxygen atoms in total. The minimum Gasteiger partial charge on any atom is -0.217 e. The van der Waals surface area contributed by atoms with Crippen LogP contribution < -0.4 is 0 Å². The third-order valence-electron chi connectivity index (χ3n) is 6.28. The summed E-state index contributed by atoms with van der Waals surface area (Å²) < 4.78 is 24.8. The molecule has 0 aromatic carbocycles. The van der Waals surface area contributed by atoms with E-state index in [1.54, 1.807) is 0 Å². The molecule has 0 saturated carbocycles. The Morgan fingerprint density at radius 3 is 1.41 bits per heavy atom. The minimum absolute atomic E-state index is 0.415. The number of rotatable bonds is 13. The predicted molar refractivity (Wildman–Crippen MR) is 110 cm³/mol. The van der Waals surface area contributed by atoms with E-state index in [2.05, 4.69) is 41.5 Å². The van der Waals surface area contributed by atoms with Gasteiger partial charge in [-0.2, -0.15) is 0 Å². The van der Waals surface area contributed by atoms with Crippen LogP contribution in [0.1, 0.15) is 41.5 Å². The average molecular weight is 383 g/mol. The molecule has 0 radical (unpaired) electrons. The molecule has 0 heterocycles. The summed E-state index contributed by atoms with van der Waals surface area (Å²) in [6, 6.07) is 9.66. The molecule has 0 bridgehead atoms. The van der Waals surface area contributed by atoms with Gasteiger partial charge in [-0.1, -0.05) is 77.8 Å². The highest BCUT2D eigenvalue weighted by Gasteiger charge is 2.30. The van der Waals surface area contributed by atoms with Crippen LogP contribution in [-0.2, 0) is 8.87 Å². The molecule has 0 aromatic heterocycles. The van der Waals surface area contributed by atoms with Gasteiger partial charge < -0.3 is 0 Å². The number of hydrogen-bond donors (Lipinski definition) is 0. The van der Waals surface area contributed by atoms with E-state index >= 15 is 0 Å². The smallest absolute Gasteiger partial charge is 0.201 e. The summed E-state index contributed by atoms with van der Waals surface area (Å²) in [6.07, 6.45) is 0. The van der Waals surface area contributed by atoms with E-state index in [4.69, 9.17) is 0 Å². The van der Waals surface area contributed by atoms with Crippen LogP contribution in [0.3, 0.4) is 0 Å². The molecule has 22 heavy (non-hydrogen) atoms. The molecular formula is C16H38O2S2Si2. The fourth-order valence-corrected chi connectivity index (χ4v) is 16.3. The maximum Gasteiger partial charge on any atom is 0.201 e. The summed E-state index contributed by atoms with van der Waals surface area (Å²) in [5.41, 5.74) is 0. The topological polar surface area (TPSA) is 34.1 Å². The Morgan fingerprint density at radius 1 is 0.682 bits per heavy atom. The molecule has 0 aromatic rings. The van der Waals surface area contributed by atoms with E-state index in [9.17, 15) is 8.42 Å².